The Morgan fingerprint density at radius 2 is 1.88 bits per heavy atom. The van der Waals surface area contributed by atoms with Gasteiger partial charge in [0.05, 0.1) is 0 Å². The lowest BCUT2D eigenvalue weighted by atomic mass is 9.64. The molecule has 0 unspecified atom stereocenters. The van der Waals surface area contributed by atoms with Crippen molar-refractivity contribution in [2.75, 3.05) is 20.2 Å². The van der Waals surface area contributed by atoms with Gasteiger partial charge in [0, 0.05) is 31.6 Å². The van der Waals surface area contributed by atoms with Crippen LogP contribution in [0.1, 0.15) is 43.2 Å². The van der Waals surface area contributed by atoms with Crippen LogP contribution in [0.2, 0.25) is 0 Å². The van der Waals surface area contributed by atoms with Crippen molar-refractivity contribution in [2.45, 2.75) is 50.1 Å². The first-order valence-electron chi connectivity index (χ1n) is 11.2. The summed E-state index contributed by atoms with van der Waals surface area (Å²) in [5.74, 6) is 1.43. The molecule has 172 valence electrons. The Bertz CT molecular complexity index is 911. The maximum atomic E-state index is 11.8. The van der Waals surface area contributed by atoms with Gasteiger partial charge in [0.15, 0.2) is 12.6 Å². The molecule has 0 heterocycles. The average molecular weight is 548 g/mol. The maximum absolute atomic E-state index is 11.8. The van der Waals surface area contributed by atoms with E-state index in [0.29, 0.717) is 18.3 Å². The van der Waals surface area contributed by atoms with Gasteiger partial charge in [0.2, 0.25) is 0 Å². The monoisotopic (exact) mass is 548 g/mol. The van der Waals surface area contributed by atoms with Crippen LogP contribution in [-0.4, -0.2) is 38.1 Å². The third-order valence-electron chi connectivity index (χ3n) is 6.19. The third kappa shape index (κ3) is 6.60. The summed E-state index contributed by atoms with van der Waals surface area (Å²) < 4.78 is 5.65. The highest BCUT2D eigenvalue weighted by Crippen LogP contribution is 2.43. The number of carbonyl (C=O) groups is 1. The van der Waals surface area contributed by atoms with Crippen molar-refractivity contribution in [1.29, 1.82) is 0 Å². The molecule has 7 heteroatoms. The van der Waals surface area contributed by atoms with Crippen molar-refractivity contribution >= 4 is 35.8 Å². The molecule has 0 spiro atoms. The number of rotatable bonds is 9. The lowest BCUT2D eigenvalue weighted by Gasteiger charge is -2.43. The molecule has 2 aliphatic carbocycles. The van der Waals surface area contributed by atoms with E-state index in [2.05, 4.69) is 51.3 Å². The van der Waals surface area contributed by atoms with E-state index in [1.807, 2.05) is 24.3 Å². The highest BCUT2D eigenvalue weighted by atomic mass is 127. The van der Waals surface area contributed by atoms with Gasteiger partial charge in [-0.1, -0.05) is 48.9 Å². The van der Waals surface area contributed by atoms with Crippen molar-refractivity contribution in [2.24, 2.45) is 4.99 Å². The van der Waals surface area contributed by atoms with Crippen LogP contribution < -0.4 is 20.7 Å². The Kier molecular flexibility index (Phi) is 8.78. The molecule has 0 radical (unpaired) electrons. The number of nitrogens with zero attached hydrogens (tertiary/aromatic N) is 1. The number of guanidine groups is 1. The number of amides is 1. The molecule has 2 aromatic rings. The summed E-state index contributed by atoms with van der Waals surface area (Å²) in [6.45, 7) is 1.55. The lowest BCUT2D eigenvalue weighted by molar-refractivity contribution is -0.123. The number of hydrogen-bond acceptors (Lipinski definition) is 3. The molecule has 2 aliphatic rings. The number of carbonyl (C=O) groups excluding carboxylic acids is 1. The van der Waals surface area contributed by atoms with Gasteiger partial charge < -0.3 is 20.7 Å². The standard InChI is InChI=1S/C25H32N4O2.HI/c1-26-24(28-18-25(13-6-14-25)20-8-3-2-4-9-20)27-16-19-7-5-10-22(15-19)31-17-23(30)29-21-11-12-21;/h2-5,7-10,15,21H,6,11-14,16-18H2,1H3,(H,29,30)(H2,26,27,28);1H. The van der Waals surface area contributed by atoms with Gasteiger partial charge in [0.25, 0.3) is 5.91 Å². The van der Waals surface area contributed by atoms with Gasteiger partial charge in [-0.2, -0.15) is 0 Å². The van der Waals surface area contributed by atoms with E-state index in [9.17, 15) is 4.79 Å². The van der Waals surface area contributed by atoms with Crippen molar-refractivity contribution in [3.63, 3.8) is 0 Å². The van der Waals surface area contributed by atoms with Crippen LogP contribution in [-0.2, 0) is 16.8 Å². The molecular weight excluding hydrogens is 515 g/mol. The van der Waals surface area contributed by atoms with Crippen LogP contribution in [0.5, 0.6) is 5.75 Å². The minimum absolute atomic E-state index is 0. The molecule has 0 atom stereocenters. The molecule has 0 saturated heterocycles. The van der Waals surface area contributed by atoms with Crippen LogP contribution in [0, 0.1) is 0 Å². The first-order valence-corrected chi connectivity index (χ1v) is 11.2. The summed E-state index contributed by atoms with van der Waals surface area (Å²) in [6, 6.07) is 18.9. The summed E-state index contributed by atoms with van der Waals surface area (Å²) in [4.78, 5) is 16.2. The van der Waals surface area contributed by atoms with Crippen molar-refractivity contribution in [3.8, 4) is 5.75 Å². The first kappa shape index (κ1) is 24.4. The number of hydrogen-bond donors (Lipinski definition) is 3. The largest absolute Gasteiger partial charge is 0.484 e. The first-order chi connectivity index (χ1) is 15.2. The van der Waals surface area contributed by atoms with Gasteiger partial charge in [-0.15, -0.1) is 24.0 Å². The molecule has 1 amide bonds. The predicted molar refractivity (Wildman–Crippen MR) is 139 cm³/mol. The second kappa shape index (κ2) is 11.5. The Morgan fingerprint density at radius 3 is 2.53 bits per heavy atom. The number of benzene rings is 2. The van der Waals surface area contributed by atoms with Crippen LogP contribution in [0.15, 0.2) is 59.6 Å². The second-order valence-corrected chi connectivity index (χ2v) is 8.56. The number of ether oxygens (including phenoxy) is 1. The van der Waals surface area contributed by atoms with E-state index in [1.54, 1.807) is 7.05 Å². The summed E-state index contributed by atoms with van der Waals surface area (Å²) in [7, 11) is 1.79. The smallest absolute Gasteiger partial charge is 0.258 e. The van der Waals surface area contributed by atoms with Gasteiger partial charge >= 0.3 is 0 Å². The fourth-order valence-electron chi connectivity index (χ4n) is 4.01. The van der Waals surface area contributed by atoms with E-state index in [-0.39, 0.29) is 41.9 Å². The fourth-order valence-corrected chi connectivity index (χ4v) is 4.01. The SMILES string of the molecule is CN=C(NCc1cccc(OCC(=O)NC2CC2)c1)NCC1(c2ccccc2)CCC1.I. The molecule has 0 aromatic heterocycles. The summed E-state index contributed by atoms with van der Waals surface area (Å²) in [5.41, 5.74) is 2.68. The fraction of sp³-hybridized carbons (Fsp3) is 0.440. The minimum Gasteiger partial charge on any atom is -0.484 e. The Labute approximate surface area is 207 Å². The predicted octanol–water partition coefficient (Wildman–Crippen LogP) is 3.75. The van der Waals surface area contributed by atoms with Crippen LogP contribution in [0.3, 0.4) is 0 Å². The van der Waals surface area contributed by atoms with E-state index in [1.165, 1.54) is 24.8 Å². The molecule has 6 nitrogen and oxygen atoms in total. The molecule has 2 aromatic carbocycles. The second-order valence-electron chi connectivity index (χ2n) is 8.56. The zero-order valence-corrected chi connectivity index (χ0v) is 20.9. The normalized spacial score (nSPS) is 16.8. The molecular formula is C25H33IN4O2. The highest BCUT2D eigenvalue weighted by molar-refractivity contribution is 14.0. The van der Waals surface area contributed by atoms with Gasteiger partial charge in [-0.3, -0.25) is 9.79 Å². The zero-order valence-electron chi connectivity index (χ0n) is 18.6. The van der Waals surface area contributed by atoms with Crippen molar-refractivity contribution in [3.05, 3.63) is 65.7 Å². The van der Waals surface area contributed by atoms with Crippen LogP contribution in [0.25, 0.3) is 0 Å². The Balaban J connectivity index is 0.00000289. The van der Waals surface area contributed by atoms with E-state index in [0.717, 1.165) is 30.9 Å². The molecule has 0 bridgehead atoms. The topological polar surface area (TPSA) is 74.8 Å². The molecule has 0 aliphatic heterocycles. The summed E-state index contributed by atoms with van der Waals surface area (Å²) >= 11 is 0. The quantitative estimate of drug-likeness (QED) is 0.254. The van der Waals surface area contributed by atoms with E-state index < -0.39 is 0 Å². The third-order valence-corrected chi connectivity index (χ3v) is 6.19. The molecule has 3 N–H and O–H groups in total. The van der Waals surface area contributed by atoms with Gasteiger partial charge in [-0.05, 0) is 48.9 Å². The Morgan fingerprint density at radius 1 is 1.09 bits per heavy atom. The van der Waals surface area contributed by atoms with Crippen LogP contribution in [0.4, 0.5) is 0 Å². The highest BCUT2D eigenvalue weighted by Gasteiger charge is 2.38. The van der Waals surface area contributed by atoms with Gasteiger partial charge in [0.1, 0.15) is 5.75 Å². The summed E-state index contributed by atoms with van der Waals surface area (Å²) in [6.07, 6.45) is 5.83. The number of nitrogens with one attached hydrogen (secondary N) is 3. The zero-order chi connectivity index (χ0) is 21.5. The van der Waals surface area contributed by atoms with Crippen LogP contribution >= 0.6 is 24.0 Å². The Hall–Kier alpha value is -2.29. The van der Waals surface area contributed by atoms with Gasteiger partial charge in [-0.25, -0.2) is 0 Å². The van der Waals surface area contributed by atoms with E-state index in [4.69, 9.17) is 4.74 Å². The molecule has 2 fully saturated rings. The summed E-state index contributed by atoms with van der Waals surface area (Å²) in [5, 5.41) is 9.84. The molecule has 4 rings (SSSR count). The molecule has 2 saturated carbocycles. The minimum atomic E-state index is -0.0565. The van der Waals surface area contributed by atoms with Crippen molar-refractivity contribution < 1.29 is 9.53 Å². The number of halogens is 1. The lowest BCUT2D eigenvalue weighted by Crippen LogP contribution is -2.48. The number of aliphatic imine (C=N–C) groups is 1. The molecule has 32 heavy (non-hydrogen) atoms. The van der Waals surface area contributed by atoms with Crippen molar-refractivity contribution in [1.82, 2.24) is 16.0 Å². The average Bonchev–Trinajstić information content (AvgIpc) is 3.58. The maximum Gasteiger partial charge on any atom is 0.258 e. The van der Waals surface area contributed by atoms with E-state index >= 15 is 0 Å².